The zero-order valence-electron chi connectivity index (χ0n) is 15.8. The van der Waals surface area contributed by atoms with Gasteiger partial charge in [-0.25, -0.2) is 13.2 Å². The Morgan fingerprint density at radius 2 is 1.75 bits per heavy atom. The smallest absolute Gasteiger partial charge is 0.433 e. The summed E-state index contributed by atoms with van der Waals surface area (Å²) in [4.78, 5) is 13.1. The molecule has 2 aromatic carbocycles. The van der Waals surface area contributed by atoms with Crippen LogP contribution in [0.25, 0.3) is 0 Å². The van der Waals surface area contributed by atoms with E-state index in [1.807, 2.05) is 30.3 Å². The normalized spacial score (nSPS) is 22.8. The largest absolute Gasteiger partial charge is 0.442 e. The van der Waals surface area contributed by atoms with Gasteiger partial charge in [0.1, 0.15) is 5.60 Å². The van der Waals surface area contributed by atoms with Crippen LogP contribution in [0.3, 0.4) is 0 Å². The van der Waals surface area contributed by atoms with Gasteiger partial charge in [-0.2, -0.15) is 14.8 Å². The summed E-state index contributed by atoms with van der Waals surface area (Å²) in [6, 6.07) is 16.0. The summed E-state index contributed by atoms with van der Waals surface area (Å²) in [5, 5.41) is 5.62. The molecule has 2 aliphatic heterocycles. The molecule has 0 fully saturated rings. The Morgan fingerprint density at radius 1 is 1.11 bits per heavy atom. The van der Waals surface area contributed by atoms with Gasteiger partial charge in [0.05, 0.1) is 10.6 Å². The maximum absolute atomic E-state index is 13.0. The summed E-state index contributed by atoms with van der Waals surface area (Å²) >= 11 is 0. The van der Waals surface area contributed by atoms with Gasteiger partial charge in [-0.3, -0.25) is 0 Å². The molecule has 0 bridgehead atoms. The van der Waals surface area contributed by atoms with Crippen molar-refractivity contribution in [3.63, 3.8) is 0 Å². The first kappa shape index (κ1) is 18.6. The fraction of sp³-hybridized carbons (Fsp3) is 0.300. The molecule has 7 nitrogen and oxygen atoms in total. The molecule has 1 N–H and O–H groups in total. The number of ether oxygens (including phenoxy) is 1. The third-order valence-electron chi connectivity index (χ3n) is 4.60. The molecule has 2 aliphatic rings. The molecule has 0 saturated carbocycles. The number of rotatable bonds is 1. The minimum atomic E-state index is -3.79. The maximum atomic E-state index is 13.0. The molecule has 2 heterocycles. The first-order valence-electron chi connectivity index (χ1n) is 8.92. The molecular weight excluding hydrogens is 378 g/mol. The Morgan fingerprint density at radius 3 is 2.43 bits per heavy atom. The van der Waals surface area contributed by atoms with E-state index in [0.717, 1.165) is 10.6 Å². The fourth-order valence-electron chi connectivity index (χ4n) is 3.51. The third kappa shape index (κ3) is 2.98. The number of benzene rings is 2. The molecule has 146 valence electrons. The van der Waals surface area contributed by atoms with Crippen molar-refractivity contribution >= 4 is 21.8 Å². The van der Waals surface area contributed by atoms with Crippen LogP contribution in [-0.2, 0) is 20.4 Å². The molecule has 0 aliphatic carbocycles. The van der Waals surface area contributed by atoms with Gasteiger partial charge in [-0.15, -0.1) is 0 Å². The van der Waals surface area contributed by atoms with Gasteiger partial charge in [-0.05, 0) is 32.4 Å². The third-order valence-corrected chi connectivity index (χ3v) is 6.15. The van der Waals surface area contributed by atoms with Crippen molar-refractivity contribution in [1.29, 1.82) is 0 Å². The predicted molar refractivity (Wildman–Crippen MR) is 104 cm³/mol. The summed E-state index contributed by atoms with van der Waals surface area (Å²) in [5.41, 5.74) is -0.193. The van der Waals surface area contributed by atoms with Crippen LogP contribution >= 0.6 is 0 Å². The van der Waals surface area contributed by atoms with Crippen molar-refractivity contribution in [2.75, 3.05) is 0 Å². The van der Waals surface area contributed by atoms with E-state index in [9.17, 15) is 13.2 Å². The zero-order valence-corrected chi connectivity index (χ0v) is 16.7. The Kier molecular flexibility index (Phi) is 4.09. The maximum Gasteiger partial charge on any atom is 0.433 e. The van der Waals surface area contributed by atoms with E-state index in [4.69, 9.17) is 4.74 Å². The Labute approximate surface area is 164 Å². The van der Waals surface area contributed by atoms with Crippen LogP contribution in [0, 0.1) is 0 Å². The lowest BCUT2D eigenvalue weighted by atomic mass is 9.93. The van der Waals surface area contributed by atoms with Gasteiger partial charge in [0.25, 0.3) is 0 Å². The van der Waals surface area contributed by atoms with Crippen LogP contribution in [0.1, 0.15) is 38.3 Å². The molecule has 1 amide bonds. The number of fused-ring (bicyclic) bond motifs is 2. The molecule has 0 saturated heterocycles. The van der Waals surface area contributed by atoms with E-state index in [0.29, 0.717) is 11.3 Å². The first-order chi connectivity index (χ1) is 13.1. The van der Waals surface area contributed by atoms with E-state index in [2.05, 4.69) is 9.82 Å². The summed E-state index contributed by atoms with van der Waals surface area (Å²) in [6.07, 6.45) is -0.509. The van der Waals surface area contributed by atoms with E-state index in [-0.39, 0.29) is 11.3 Å². The van der Waals surface area contributed by atoms with Crippen LogP contribution in [0.2, 0.25) is 0 Å². The predicted octanol–water partition coefficient (Wildman–Crippen LogP) is 3.18. The van der Waals surface area contributed by atoms with Gasteiger partial charge in [0, 0.05) is 12.0 Å². The quantitative estimate of drug-likeness (QED) is 0.798. The van der Waals surface area contributed by atoms with Gasteiger partial charge in [0.2, 0.25) is 10.0 Å². The fourth-order valence-corrected chi connectivity index (χ4v) is 5.12. The van der Waals surface area contributed by atoms with Crippen LogP contribution < -0.4 is 4.72 Å². The molecule has 8 heteroatoms. The van der Waals surface area contributed by atoms with E-state index in [1.165, 1.54) is 6.07 Å². The minimum Gasteiger partial charge on any atom is -0.442 e. The Balaban J connectivity index is 1.86. The van der Waals surface area contributed by atoms with Crippen LogP contribution in [-0.4, -0.2) is 30.8 Å². The summed E-state index contributed by atoms with van der Waals surface area (Å²) < 4.78 is 33.7. The number of hydrogen-bond donors (Lipinski definition) is 1. The Bertz CT molecular complexity index is 1070. The molecule has 1 unspecified atom stereocenters. The average Bonchev–Trinajstić information content (AvgIpc) is 3.11. The lowest BCUT2D eigenvalue weighted by molar-refractivity contribution is -0.0000478. The second-order valence-corrected chi connectivity index (χ2v) is 9.49. The van der Waals surface area contributed by atoms with Gasteiger partial charge < -0.3 is 4.74 Å². The van der Waals surface area contributed by atoms with Crippen molar-refractivity contribution in [1.82, 2.24) is 9.73 Å². The highest BCUT2D eigenvalue weighted by Crippen LogP contribution is 2.45. The molecule has 4 rings (SSSR count). The number of amides is 1. The van der Waals surface area contributed by atoms with Gasteiger partial charge in [0.15, 0.2) is 5.66 Å². The van der Waals surface area contributed by atoms with Gasteiger partial charge >= 0.3 is 6.09 Å². The molecule has 1 spiro atoms. The van der Waals surface area contributed by atoms with Crippen molar-refractivity contribution in [3.8, 4) is 0 Å². The number of nitrogens with zero attached hydrogens (tertiary/aromatic N) is 2. The number of nitrogens with one attached hydrogen (secondary N) is 1. The molecule has 28 heavy (non-hydrogen) atoms. The first-order valence-corrected chi connectivity index (χ1v) is 10.4. The number of carbonyl (C=O) groups excluding carboxylic acids is 1. The monoisotopic (exact) mass is 399 g/mol. The van der Waals surface area contributed by atoms with Crippen molar-refractivity contribution in [2.45, 2.75) is 43.4 Å². The lowest BCUT2D eigenvalue weighted by Gasteiger charge is -2.33. The summed E-state index contributed by atoms with van der Waals surface area (Å²) in [7, 11) is -3.79. The van der Waals surface area contributed by atoms with Crippen molar-refractivity contribution in [2.24, 2.45) is 5.10 Å². The van der Waals surface area contributed by atoms with E-state index >= 15 is 0 Å². The minimum absolute atomic E-state index is 0.146. The highest BCUT2D eigenvalue weighted by molar-refractivity contribution is 7.89. The second-order valence-electron chi connectivity index (χ2n) is 7.84. The van der Waals surface area contributed by atoms with Crippen LogP contribution in [0.15, 0.2) is 64.6 Å². The topological polar surface area (TPSA) is 88.1 Å². The summed E-state index contributed by atoms with van der Waals surface area (Å²) in [5.74, 6) is 0. The number of hydrazone groups is 1. The standard InChI is InChI=1S/C20H21N3O4S/c1-19(2,3)27-18(24)23-20(13-16(21-23)14-9-5-4-6-10-14)15-11-7-8-12-17(15)28(25,26)22-20/h4-12,22H,13H2,1-3H3. The van der Waals surface area contributed by atoms with Crippen molar-refractivity contribution < 1.29 is 17.9 Å². The highest BCUT2D eigenvalue weighted by atomic mass is 32.2. The molecule has 2 aromatic rings. The number of carbonyl (C=O) groups is 1. The van der Waals surface area contributed by atoms with Crippen LogP contribution in [0.5, 0.6) is 0 Å². The second kappa shape index (κ2) is 6.15. The summed E-state index contributed by atoms with van der Waals surface area (Å²) in [6.45, 7) is 5.26. The van der Waals surface area contributed by atoms with Crippen LogP contribution in [0.4, 0.5) is 4.79 Å². The molecular formula is C20H21N3O4S. The highest BCUT2D eigenvalue weighted by Gasteiger charge is 2.57. The van der Waals surface area contributed by atoms with E-state index in [1.54, 1.807) is 39.0 Å². The number of hydrogen-bond acceptors (Lipinski definition) is 5. The van der Waals surface area contributed by atoms with E-state index < -0.39 is 27.4 Å². The molecule has 0 aromatic heterocycles. The Hall–Kier alpha value is -2.71. The SMILES string of the molecule is CC(C)(C)OC(=O)N1N=C(c2ccccc2)CC12NS(=O)(=O)c1ccccc12. The van der Waals surface area contributed by atoms with Gasteiger partial charge in [-0.1, -0.05) is 48.5 Å². The zero-order chi connectivity index (χ0) is 20.2. The molecule has 0 radical (unpaired) electrons. The lowest BCUT2D eigenvalue weighted by Crippen LogP contribution is -2.52. The van der Waals surface area contributed by atoms with Crippen molar-refractivity contribution in [3.05, 3.63) is 65.7 Å². The average molecular weight is 399 g/mol. The number of sulfonamides is 1. The molecule has 1 atom stereocenters.